The Morgan fingerprint density at radius 2 is 0.941 bits per heavy atom. The van der Waals surface area contributed by atoms with Crippen LogP contribution in [-0.2, 0) is 0 Å². The van der Waals surface area contributed by atoms with E-state index in [2.05, 4.69) is 198 Å². The smallest absolute Gasteiger partial charge is 0.160 e. The van der Waals surface area contributed by atoms with Gasteiger partial charge in [-0.05, 0) is 89.0 Å². The van der Waals surface area contributed by atoms with Crippen molar-refractivity contribution in [3.8, 4) is 27.9 Å². The highest BCUT2D eigenvalue weighted by molar-refractivity contribution is 6.26. The van der Waals surface area contributed by atoms with Gasteiger partial charge in [0.05, 0.1) is 11.0 Å². The van der Waals surface area contributed by atoms with E-state index in [1.807, 2.05) is 6.07 Å². The normalized spacial score (nSPS) is 11.5. The lowest BCUT2D eigenvalue weighted by atomic mass is 9.95. The van der Waals surface area contributed by atoms with E-state index in [1.54, 1.807) is 0 Å². The number of para-hydroxylation sites is 4. The van der Waals surface area contributed by atoms with Crippen molar-refractivity contribution < 1.29 is 4.42 Å². The molecule has 3 heteroatoms. The second kappa shape index (κ2) is 11.9. The molecule has 0 N–H and O–H groups in total. The summed E-state index contributed by atoms with van der Waals surface area (Å²) in [6.07, 6.45) is 0. The molecule has 0 saturated heterocycles. The van der Waals surface area contributed by atoms with Crippen LogP contribution in [0.2, 0.25) is 0 Å². The molecule has 0 amide bonds. The van der Waals surface area contributed by atoms with Gasteiger partial charge in [-0.25, -0.2) is 0 Å². The number of rotatable bonds is 6. The Labute approximate surface area is 295 Å². The van der Waals surface area contributed by atoms with Gasteiger partial charge in [-0.1, -0.05) is 127 Å². The highest BCUT2D eigenvalue weighted by Gasteiger charge is 2.23. The Balaban J connectivity index is 1.22. The summed E-state index contributed by atoms with van der Waals surface area (Å²) in [6, 6.07) is 69.0. The zero-order valence-electron chi connectivity index (χ0n) is 27.8. The third-order valence-corrected chi connectivity index (χ3v) is 9.98. The van der Waals surface area contributed by atoms with Gasteiger partial charge in [-0.2, -0.15) is 0 Å². The zero-order chi connectivity index (χ0) is 33.7. The number of hydrogen-bond acceptors (Lipinski definition) is 2. The average Bonchev–Trinajstić information content (AvgIpc) is 3.76. The van der Waals surface area contributed by atoms with Gasteiger partial charge < -0.3 is 13.9 Å². The molecular formula is C48H32N2O. The third kappa shape index (κ3) is 4.82. The molecule has 2 heterocycles. The summed E-state index contributed by atoms with van der Waals surface area (Å²) in [6.45, 7) is 0. The summed E-state index contributed by atoms with van der Waals surface area (Å²) < 4.78 is 9.16. The fourth-order valence-corrected chi connectivity index (χ4v) is 7.65. The number of furan rings is 1. The molecule has 10 aromatic rings. The summed E-state index contributed by atoms with van der Waals surface area (Å²) in [7, 11) is 0. The van der Waals surface area contributed by atoms with Gasteiger partial charge in [-0.3, -0.25) is 0 Å². The lowest BCUT2D eigenvalue weighted by Crippen LogP contribution is -2.09. The number of nitrogens with zero attached hydrogens (tertiary/aromatic N) is 2. The molecule has 51 heavy (non-hydrogen) atoms. The Morgan fingerprint density at radius 1 is 0.412 bits per heavy atom. The summed E-state index contributed by atoms with van der Waals surface area (Å²) >= 11 is 0. The van der Waals surface area contributed by atoms with Gasteiger partial charge in [0.15, 0.2) is 5.58 Å². The minimum absolute atomic E-state index is 0.888. The van der Waals surface area contributed by atoms with Crippen molar-refractivity contribution in [3.05, 3.63) is 194 Å². The van der Waals surface area contributed by atoms with Crippen LogP contribution >= 0.6 is 0 Å². The van der Waals surface area contributed by atoms with E-state index < -0.39 is 0 Å². The molecule has 240 valence electrons. The molecule has 10 rings (SSSR count). The Kier molecular flexibility index (Phi) is 6.81. The quantitative estimate of drug-likeness (QED) is 0.178. The highest BCUT2D eigenvalue weighted by atomic mass is 16.3. The molecule has 0 unspecified atom stereocenters. The van der Waals surface area contributed by atoms with Crippen molar-refractivity contribution >= 4 is 60.8 Å². The molecule has 0 aliphatic rings. The van der Waals surface area contributed by atoms with E-state index in [0.717, 1.165) is 55.7 Å². The van der Waals surface area contributed by atoms with E-state index in [4.69, 9.17) is 4.42 Å². The predicted octanol–water partition coefficient (Wildman–Crippen LogP) is 13.5. The second-order valence-electron chi connectivity index (χ2n) is 12.9. The lowest BCUT2D eigenvalue weighted by Gasteiger charge is -2.25. The maximum absolute atomic E-state index is 6.77. The van der Waals surface area contributed by atoms with Gasteiger partial charge in [0.25, 0.3) is 0 Å². The van der Waals surface area contributed by atoms with E-state index in [0.29, 0.717) is 0 Å². The van der Waals surface area contributed by atoms with E-state index >= 15 is 0 Å². The molecule has 0 radical (unpaired) electrons. The van der Waals surface area contributed by atoms with E-state index in [1.165, 1.54) is 33.0 Å². The van der Waals surface area contributed by atoms with Crippen molar-refractivity contribution in [2.24, 2.45) is 0 Å². The molecule has 8 aromatic carbocycles. The molecule has 0 bridgehead atoms. The average molecular weight is 653 g/mol. The number of fused-ring (bicyclic) bond motifs is 7. The molecule has 0 atom stereocenters. The lowest BCUT2D eigenvalue weighted by molar-refractivity contribution is 0.671. The van der Waals surface area contributed by atoms with Crippen LogP contribution in [0.15, 0.2) is 199 Å². The molecule has 0 saturated carbocycles. The zero-order valence-corrected chi connectivity index (χ0v) is 27.8. The van der Waals surface area contributed by atoms with Crippen LogP contribution in [-0.4, -0.2) is 4.57 Å². The maximum Gasteiger partial charge on any atom is 0.160 e. The second-order valence-corrected chi connectivity index (χ2v) is 12.9. The fourth-order valence-electron chi connectivity index (χ4n) is 7.65. The van der Waals surface area contributed by atoms with Crippen LogP contribution in [0.5, 0.6) is 0 Å². The van der Waals surface area contributed by atoms with Crippen molar-refractivity contribution in [1.29, 1.82) is 0 Å². The molecule has 2 aromatic heterocycles. The van der Waals surface area contributed by atoms with Crippen LogP contribution in [0.4, 0.5) is 17.1 Å². The first-order valence-corrected chi connectivity index (χ1v) is 17.4. The number of benzene rings is 8. The van der Waals surface area contributed by atoms with Crippen LogP contribution in [0.1, 0.15) is 0 Å². The van der Waals surface area contributed by atoms with Gasteiger partial charge >= 0.3 is 0 Å². The summed E-state index contributed by atoms with van der Waals surface area (Å²) in [4.78, 5) is 2.30. The first-order chi connectivity index (χ1) is 25.3. The monoisotopic (exact) mass is 652 g/mol. The highest BCUT2D eigenvalue weighted by Crippen LogP contribution is 2.46. The Hall–Kier alpha value is -6.84. The van der Waals surface area contributed by atoms with Crippen molar-refractivity contribution in [2.75, 3.05) is 4.90 Å². The van der Waals surface area contributed by atoms with Crippen LogP contribution in [0.25, 0.3) is 71.7 Å². The topological polar surface area (TPSA) is 21.3 Å². The van der Waals surface area contributed by atoms with E-state index in [9.17, 15) is 0 Å². The van der Waals surface area contributed by atoms with Gasteiger partial charge in [0.1, 0.15) is 5.58 Å². The number of aromatic nitrogens is 1. The molecular weight excluding hydrogens is 621 g/mol. The first-order valence-electron chi connectivity index (χ1n) is 17.4. The first kappa shape index (κ1) is 29.1. The molecule has 0 spiro atoms. The summed E-state index contributed by atoms with van der Waals surface area (Å²) in [5, 5.41) is 4.60. The van der Waals surface area contributed by atoms with Crippen LogP contribution < -0.4 is 4.90 Å². The van der Waals surface area contributed by atoms with Crippen molar-refractivity contribution in [3.63, 3.8) is 0 Å². The van der Waals surface area contributed by atoms with Gasteiger partial charge in [0, 0.05) is 44.3 Å². The minimum atomic E-state index is 0.888. The number of anilines is 3. The van der Waals surface area contributed by atoms with Crippen LogP contribution in [0, 0.1) is 0 Å². The fraction of sp³-hybridized carbons (Fsp3) is 0. The predicted molar refractivity (Wildman–Crippen MR) is 214 cm³/mol. The van der Waals surface area contributed by atoms with Gasteiger partial charge in [0.2, 0.25) is 0 Å². The minimum Gasteiger partial charge on any atom is -0.454 e. The number of hydrogen-bond donors (Lipinski definition) is 0. The Morgan fingerprint density at radius 3 is 1.63 bits per heavy atom. The van der Waals surface area contributed by atoms with Crippen LogP contribution in [0.3, 0.4) is 0 Å². The summed E-state index contributed by atoms with van der Waals surface area (Å²) in [5.74, 6) is 0. The molecule has 0 aliphatic carbocycles. The summed E-state index contributed by atoms with van der Waals surface area (Å²) in [5.41, 5.74) is 13.2. The molecule has 0 fully saturated rings. The maximum atomic E-state index is 6.77. The third-order valence-electron chi connectivity index (χ3n) is 9.98. The van der Waals surface area contributed by atoms with Crippen molar-refractivity contribution in [1.82, 2.24) is 4.57 Å². The molecule has 3 nitrogen and oxygen atoms in total. The SMILES string of the molecule is c1ccc(-c2ccc(-c3cc4c5ccccc5oc4c4c3c3ccccc3n4-c3ccc(N(c4ccccc4)c4ccccc4)cc3)cc2)cc1. The molecule has 0 aliphatic heterocycles. The Bertz CT molecular complexity index is 2780. The van der Waals surface area contributed by atoms with Crippen molar-refractivity contribution in [2.45, 2.75) is 0 Å². The largest absolute Gasteiger partial charge is 0.454 e. The van der Waals surface area contributed by atoms with Gasteiger partial charge in [-0.15, -0.1) is 0 Å². The standard InChI is InChI=1S/C48H32N2O/c1-4-14-33(15-5-1)34-24-26-35(27-25-34)42-32-43-40-20-11-13-23-45(40)51-48(43)47-46(42)41-21-10-12-22-44(41)50(47)39-30-28-38(29-31-39)49(36-16-6-2-7-17-36)37-18-8-3-9-19-37/h1-32H. The van der Waals surface area contributed by atoms with E-state index in [-0.39, 0.29) is 0 Å².